The number of rotatable bonds is 7. The molecule has 3 aromatic carbocycles. The van der Waals surface area contributed by atoms with Gasteiger partial charge in [-0.3, -0.25) is 4.79 Å². The van der Waals surface area contributed by atoms with Gasteiger partial charge in [0.2, 0.25) is 10.0 Å². The zero-order valence-electron chi connectivity index (χ0n) is 16.6. The zero-order valence-corrected chi connectivity index (χ0v) is 18.2. The second-order valence-electron chi connectivity index (χ2n) is 7.18. The molecule has 0 aliphatic carbocycles. The van der Waals surface area contributed by atoms with Crippen molar-refractivity contribution in [2.45, 2.75) is 17.9 Å². The minimum atomic E-state index is -3.94. The number of hydrogen-bond donors (Lipinski definition) is 1. The van der Waals surface area contributed by atoms with E-state index in [-0.39, 0.29) is 41.3 Å². The average molecular weight is 457 g/mol. The molecular weight excluding hydrogens is 436 g/mol. The summed E-state index contributed by atoms with van der Waals surface area (Å²) in [5.74, 6) is -0.0296. The first-order valence-electron chi connectivity index (χ1n) is 9.78. The number of ether oxygens (including phenoxy) is 1. The maximum absolute atomic E-state index is 13.6. The van der Waals surface area contributed by atoms with Gasteiger partial charge >= 0.3 is 0 Å². The number of carbonyl (C=O) groups is 1. The third-order valence-corrected chi connectivity index (χ3v) is 7.29. The number of sulfonamides is 1. The molecule has 0 aromatic heterocycles. The highest BCUT2D eigenvalue weighted by Gasteiger charge is 2.30. The molecule has 160 valence electrons. The van der Waals surface area contributed by atoms with Gasteiger partial charge in [-0.15, -0.1) is 0 Å². The van der Waals surface area contributed by atoms with Gasteiger partial charge in [-0.1, -0.05) is 72.3 Å². The van der Waals surface area contributed by atoms with Crippen LogP contribution in [0.1, 0.15) is 11.1 Å². The number of hydrogen-bond acceptors (Lipinski definition) is 4. The van der Waals surface area contributed by atoms with Gasteiger partial charge in [0.05, 0.1) is 10.7 Å². The Bertz CT molecular complexity index is 1180. The Morgan fingerprint density at radius 2 is 1.61 bits per heavy atom. The standard InChI is InChI=1S/C23H21ClN2O4S/c24-19-13-20-21(30-16-23(27)25-20)14-22(19)31(28,29)26(15-18-9-5-2-6-10-18)12-11-17-7-3-1-4-8-17/h1-10,13-14H,11-12,15-16H2,(H,25,27). The third-order valence-electron chi connectivity index (χ3n) is 4.98. The van der Waals surface area contributed by atoms with E-state index in [1.165, 1.54) is 16.4 Å². The topological polar surface area (TPSA) is 75.7 Å². The van der Waals surface area contributed by atoms with Crippen molar-refractivity contribution in [1.29, 1.82) is 0 Å². The van der Waals surface area contributed by atoms with E-state index in [0.717, 1.165) is 11.1 Å². The summed E-state index contributed by atoms with van der Waals surface area (Å²) in [5, 5.41) is 2.67. The molecule has 1 aliphatic heterocycles. The fourth-order valence-electron chi connectivity index (χ4n) is 3.39. The number of halogens is 1. The Morgan fingerprint density at radius 3 is 2.29 bits per heavy atom. The lowest BCUT2D eigenvalue weighted by atomic mass is 10.1. The quantitative estimate of drug-likeness (QED) is 0.580. The molecule has 0 spiro atoms. The van der Waals surface area contributed by atoms with Gasteiger partial charge in [-0.25, -0.2) is 8.42 Å². The second kappa shape index (κ2) is 9.09. The van der Waals surface area contributed by atoms with E-state index in [1.54, 1.807) is 0 Å². The fourth-order valence-corrected chi connectivity index (χ4v) is 5.33. The summed E-state index contributed by atoms with van der Waals surface area (Å²) in [5.41, 5.74) is 2.27. The van der Waals surface area contributed by atoms with Gasteiger partial charge in [0.25, 0.3) is 5.91 Å². The summed E-state index contributed by atoms with van der Waals surface area (Å²) in [4.78, 5) is 11.5. The van der Waals surface area contributed by atoms with Gasteiger partial charge in [0, 0.05) is 19.2 Å². The highest BCUT2D eigenvalue weighted by molar-refractivity contribution is 7.89. The summed E-state index contributed by atoms with van der Waals surface area (Å²) in [6.07, 6.45) is 0.558. The van der Waals surface area contributed by atoms with Crippen molar-refractivity contribution in [1.82, 2.24) is 4.31 Å². The molecule has 0 unspecified atom stereocenters. The molecule has 0 atom stereocenters. The SMILES string of the molecule is O=C1COc2cc(S(=O)(=O)N(CCc3ccccc3)Cc3ccccc3)c(Cl)cc2N1. The lowest BCUT2D eigenvalue weighted by Gasteiger charge is -2.25. The summed E-state index contributed by atoms with van der Waals surface area (Å²) in [7, 11) is -3.94. The predicted molar refractivity (Wildman–Crippen MR) is 120 cm³/mol. The number of nitrogens with zero attached hydrogens (tertiary/aromatic N) is 1. The average Bonchev–Trinajstić information content (AvgIpc) is 2.77. The van der Waals surface area contributed by atoms with Crippen LogP contribution >= 0.6 is 11.6 Å². The molecule has 0 saturated heterocycles. The molecule has 6 nitrogen and oxygen atoms in total. The highest BCUT2D eigenvalue weighted by Crippen LogP contribution is 2.37. The maximum Gasteiger partial charge on any atom is 0.262 e. The van der Waals surface area contributed by atoms with Crippen LogP contribution < -0.4 is 10.1 Å². The number of amides is 1. The molecule has 31 heavy (non-hydrogen) atoms. The highest BCUT2D eigenvalue weighted by atomic mass is 35.5. The van der Waals surface area contributed by atoms with E-state index >= 15 is 0 Å². The number of anilines is 1. The normalized spacial score (nSPS) is 13.4. The van der Waals surface area contributed by atoms with Crippen LogP contribution in [0, 0.1) is 0 Å². The van der Waals surface area contributed by atoms with Crippen LogP contribution in [0.15, 0.2) is 77.7 Å². The lowest BCUT2D eigenvalue weighted by Crippen LogP contribution is -2.33. The maximum atomic E-state index is 13.6. The summed E-state index contributed by atoms with van der Waals surface area (Å²) >= 11 is 6.34. The van der Waals surface area contributed by atoms with Crippen LogP contribution in [0.4, 0.5) is 5.69 Å². The van der Waals surface area contributed by atoms with Crippen LogP contribution in [-0.4, -0.2) is 31.8 Å². The Kier molecular flexibility index (Phi) is 6.27. The first-order valence-corrected chi connectivity index (χ1v) is 11.6. The smallest absolute Gasteiger partial charge is 0.262 e. The van der Waals surface area contributed by atoms with Crippen LogP contribution in [-0.2, 0) is 27.8 Å². The summed E-state index contributed by atoms with van der Waals surface area (Å²) < 4.78 is 34.1. The van der Waals surface area contributed by atoms with Crippen molar-refractivity contribution in [2.75, 3.05) is 18.5 Å². The van der Waals surface area contributed by atoms with Crippen LogP contribution in [0.2, 0.25) is 5.02 Å². The first kappa shape index (κ1) is 21.4. The van der Waals surface area contributed by atoms with Gasteiger partial charge in [-0.2, -0.15) is 4.31 Å². The lowest BCUT2D eigenvalue weighted by molar-refractivity contribution is -0.118. The van der Waals surface area contributed by atoms with Crippen molar-refractivity contribution >= 4 is 33.2 Å². The molecule has 0 bridgehead atoms. The van der Waals surface area contributed by atoms with E-state index in [2.05, 4.69) is 5.32 Å². The Labute approximate surface area is 186 Å². The monoisotopic (exact) mass is 456 g/mol. The van der Waals surface area contributed by atoms with Crippen molar-refractivity contribution in [3.8, 4) is 5.75 Å². The van der Waals surface area contributed by atoms with Crippen molar-refractivity contribution in [3.63, 3.8) is 0 Å². The van der Waals surface area contributed by atoms with Crippen molar-refractivity contribution in [2.24, 2.45) is 0 Å². The number of nitrogens with one attached hydrogen (secondary N) is 1. The molecule has 0 saturated carbocycles. The van der Waals surface area contributed by atoms with Crippen molar-refractivity contribution in [3.05, 3.63) is 88.9 Å². The minimum absolute atomic E-state index is 0.0299. The molecule has 1 N–H and O–H groups in total. The Morgan fingerprint density at radius 1 is 0.968 bits per heavy atom. The van der Waals surface area contributed by atoms with E-state index < -0.39 is 10.0 Å². The molecule has 0 fully saturated rings. The predicted octanol–water partition coefficient (Wildman–Crippen LogP) is 4.10. The number of fused-ring (bicyclic) bond motifs is 1. The van der Waals surface area contributed by atoms with Gasteiger partial charge < -0.3 is 10.1 Å². The largest absolute Gasteiger partial charge is 0.482 e. The van der Waals surface area contributed by atoms with E-state index in [4.69, 9.17) is 16.3 Å². The fraction of sp³-hybridized carbons (Fsp3) is 0.174. The second-order valence-corrected chi connectivity index (χ2v) is 9.49. The van der Waals surface area contributed by atoms with Gasteiger partial charge in [-0.05, 0) is 23.6 Å². The van der Waals surface area contributed by atoms with Crippen molar-refractivity contribution < 1.29 is 17.9 Å². The molecule has 0 radical (unpaired) electrons. The third kappa shape index (κ3) is 4.90. The number of carbonyl (C=O) groups excluding carboxylic acids is 1. The minimum Gasteiger partial charge on any atom is -0.482 e. The molecule has 1 amide bonds. The number of benzene rings is 3. The van der Waals surface area contributed by atoms with Crippen LogP contribution in [0.3, 0.4) is 0 Å². The summed E-state index contributed by atoms with van der Waals surface area (Å²) in [6.45, 7) is 0.323. The summed E-state index contributed by atoms with van der Waals surface area (Å²) in [6, 6.07) is 21.9. The molecule has 4 rings (SSSR count). The Hall–Kier alpha value is -2.87. The molecule has 1 heterocycles. The molecule has 3 aromatic rings. The van der Waals surface area contributed by atoms with Gasteiger partial charge in [0.15, 0.2) is 6.61 Å². The zero-order chi connectivity index (χ0) is 21.8. The first-order chi connectivity index (χ1) is 14.9. The van der Waals surface area contributed by atoms with E-state index in [9.17, 15) is 13.2 Å². The van der Waals surface area contributed by atoms with E-state index in [1.807, 2.05) is 60.7 Å². The molecule has 1 aliphatic rings. The van der Waals surface area contributed by atoms with Crippen LogP contribution in [0.25, 0.3) is 0 Å². The molecular formula is C23H21ClN2O4S. The van der Waals surface area contributed by atoms with Gasteiger partial charge in [0.1, 0.15) is 10.6 Å². The molecule has 8 heteroatoms. The Balaban J connectivity index is 1.68. The van der Waals surface area contributed by atoms with E-state index in [0.29, 0.717) is 12.1 Å². The van der Waals surface area contributed by atoms with Crippen LogP contribution in [0.5, 0.6) is 5.75 Å².